The van der Waals surface area contributed by atoms with Gasteiger partial charge in [0.05, 0.1) is 12.1 Å². The van der Waals surface area contributed by atoms with E-state index in [0.717, 1.165) is 25.5 Å². The van der Waals surface area contributed by atoms with Crippen molar-refractivity contribution in [2.24, 2.45) is 5.73 Å². The molecule has 11 heteroatoms. The Kier molecular flexibility index (Phi) is 5.83. The van der Waals surface area contributed by atoms with Gasteiger partial charge in [0.1, 0.15) is 17.0 Å². The number of rotatable bonds is 5. The molecule has 8 nitrogen and oxygen atoms in total. The van der Waals surface area contributed by atoms with Crippen LogP contribution >= 0.6 is 0 Å². The van der Waals surface area contributed by atoms with Gasteiger partial charge in [-0.25, -0.2) is 0 Å². The predicted octanol–water partition coefficient (Wildman–Crippen LogP) is 2.78. The van der Waals surface area contributed by atoms with Crippen molar-refractivity contribution >= 4 is 22.6 Å². The molecule has 1 saturated heterocycles. The summed E-state index contributed by atoms with van der Waals surface area (Å²) in [4.78, 5) is 17.6. The lowest BCUT2D eigenvalue weighted by molar-refractivity contribution is -0.137. The lowest BCUT2D eigenvalue weighted by atomic mass is 10.0. The first-order valence-corrected chi connectivity index (χ1v) is 10.0. The fourth-order valence-corrected chi connectivity index (χ4v) is 3.92. The number of hydrogen-bond acceptors (Lipinski definition) is 7. The first-order valence-electron chi connectivity index (χ1n) is 10.0. The summed E-state index contributed by atoms with van der Waals surface area (Å²) in [5.74, 6) is -0.519. The number of fused-ring (bicyclic) bond motifs is 1. The number of phenolic OH excluding ortho intramolecular Hbond substituents is 1. The van der Waals surface area contributed by atoms with Crippen LogP contribution in [0.4, 0.5) is 19.0 Å². The minimum Gasteiger partial charge on any atom is -0.507 e. The Morgan fingerprint density at radius 3 is 2.81 bits per heavy atom. The van der Waals surface area contributed by atoms with Gasteiger partial charge in [-0.15, -0.1) is 10.2 Å². The second-order valence-corrected chi connectivity index (χ2v) is 7.71. The van der Waals surface area contributed by atoms with Crippen molar-refractivity contribution in [1.82, 2.24) is 20.1 Å². The van der Waals surface area contributed by atoms with Gasteiger partial charge in [-0.05, 0) is 49.7 Å². The zero-order valence-electron chi connectivity index (χ0n) is 16.9. The van der Waals surface area contributed by atoms with E-state index in [1.807, 2.05) is 4.90 Å². The zero-order chi connectivity index (χ0) is 22.9. The van der Waals surface area contributed by atoms with Gasteiger partial charge >= 0.3 is 6.18 Å². The summed E-state index contributed by atoms with van der Waals surface area (Å²) in [6.07, 6.45) is -1.26. The minimum atomic E-state index is -4.57. The molecule has 0 spiro atoms. The highest BCUT2D eigenvalue weighted by atomic mass is 19.4. The monoisotopic (exact) mass is 446 g/mol. The number of likely N-dealkylation sites (tertiary alicyclic amines) is 1. The number of piperidine rings is 1. The lowest BCUT2D eigenvalue weighted by Gasteiger charge is -2.32. The smallest absolute Gasteiger partial charge is 0.416 e. The highest BCUT2D eigenvalue weighted by Gasteiger charge is 2.31. The number of amides is 1. The van der Waals surface area contributed by atoms with Crippen LogP contribution in [0.25, 0.3) is 22.2 Å². The quantitative estimate of drug-likeness (QED) is 0.552. The molecule has 0 aliphatic carbocycles. The second-order valence-electron chi connectivity index (χ2n) is 7.71. The maximum atomic E-state index is 12.9. The van der Waals surface area contributed by atoms with Crippen LogP contribution in [0, 0.1) is 0 Å². The number of benzene rings is 1. The number of aromatic hydroxyl groups is 1. The number of primary amides is 1. The molecule has 1 amide bonds. The SMILES string of the molecule is NC(=O)CN1CCC[C@@H](Nc2nnc(-c3ccc(C(F)(F)F)cc3O)c3cccnc23)C1. The number of aromatic nitrogens is 3. The van der Waals surface area contributed by atoms with Crippen LogP contribution in [0.2, 0.25) is 0 Å². The first kappa shape index (κ1) is 21.8. The molecule has 168 valence electrons. The normalized spacial score (nSPS) is 17.4. The Labute approximate surface area is 181 Å². The molecular formula is C21H21F3N6O2. The summed E-state index contributed by atoms with van der Waals surface area (Å²) in [5, 5.41) is 22.5. The molecule has 4 N–H and O–H groups in total. The summed E-state index contributed by atoms with van der Waals surface area (Å²) in [6.45, 7) is 1.55. The van der Waals surface area contributed by atoms with E-state index in [4.69, 9.17) is 5.73 Å². The molecule has 1 atom stereocenters. The van der Waals surface area contributed by atoms with Crippen LogP contribution in [0.15, 0.2) is 36.5 Å². The van der Waals surface area contributed by atoms with Crippen molar-refractivity contribution in [3.05, 3.63) is 42.1 Å². The maximum absolute atomic E-state index is 12.9. The molecule has 0 saturated carbocycles. The molecule has 1 aliphatic heterocycles. The zero-order valence-corrected chi connectivity index (χ0v) is 16.9. The van der Waals surface area contributed by atoms with Crippen molar-refractivity contribution in [2.45, 2.75) is 25.1 Å². The van der Waals surface area contributed by atoms with Crippen molar-refractivity contribution in [1.29, 1.82) is 0 Å². The van der Waals surface area contributed by atoms with E-state index in [9.17, 15) is 23.1 Å². The Hall–Kier alpha value is -3.47. The number of phenols is 1. The van der Waals surface area contributed by atoms with Crippen molar-refractivity contribution < 1.29 is 23.1 Å². The number of nitrogens with zero attached hydrogens (tertiary/aromatic N) is 4. The van der Waals surface area contributed by atoms with E-state index in [0.29, 0.717) is 29.3 Å². The number of anilines is 1. The number of carbonyl (C=O) groups excluding carboxylic acids is 1. The average Bonchev–Trinajstić information content (AvgIpc) is 2.73. The molecule has 1 fully saturated rings. The van der Waals surface area contributed by atoms with Crippen molar-refractivity contribution in [3.8, 4) is 17.0 Å². The molecule has 3 aromatic rings. The predicted molar refractivity (Wildman–Crippen MR) is 112 cm³/mol. The summed E-state index contributed by atoms with van der Waals surface area (Å²) in [7, 11) is 0. The number of nitrogens with one attached hydrogen (secondary N) is 1. The van der Waals surface area contributed by atoms with Gasteiger partial charge in [-0.1, -0.05) is 0 Å². The molecule has 0 bridgehead atoms. The number of alkyl halides is 3. The Morgan fingerprint density at radius 2 is 2.09 bits per heavy atom. The van der Waals surface area contributed by atoms with E-state index >= 15 is 0 Å². The Balaban J connectivity index is 1.66. The fraction of sp³-hybridized carbons (Fsp3) is 0.333. The largest absolute Gasteiger partial charge is 0.507 e. The summed E-state index contributed by atoms with van der Waals surface area (Å²) < 4.78 is 38.8. The van der Waals surface area contributed by atoms with Gasteiger partial charge in [-0.2, -0.15) is 13.2 Å². The van der Waals surface area contributed by atoms with Gasteiger partial charge in [0.2, 0.25) is 5.91 Å². The number of hydrogen-bond donors (Lipinski definition) is 3. The summed E-state index contributed by atoms with van der Waals surface area (Å²) >= 11 is 0. The molecule has 0 unspecified atom stereocenters. The van der Waals surface area contributed by atoms with E-state index in [1.54, 1.807) is 18.3 Å². The van der Waals surface area contributed by atoms with E-state index in [1.165, 1.54) is 6.07 Å². The van der Waals surface area contributed by atoms with Crippen molar-refractivity contribution in [3.63, 3.8) is 0 Å². The molecule has 2 aromatic heterocycles. The second kappa shape index (κ2) is 8.58. The van der Waals surface area contributed by atoms with Crippen LogP contribution < -0.4 is 11.1 Å². The third-order valence-corrected chi connectivity index (χ3v) is 5.34. The highest BCUT2D eigenvalue weighted by Crippen LogP contribution is 2.38. The summed E-state index contributed by atoms with van der Waals surface area (Å²) in [5.41, 5.74) is 5.17. The van der Waals surface area contributed by atoms with Crippen molar-refractivity contribution in [2.75, 3.05) is 25.0 Å². The summed E-state index contributed by atoms with van der Waals surface area (Å²) in [6, 6.07) is 6.11. The molecule has 3 heterocycles. The van der Waals surface area contributed by atoms with Gasteiger partial charge < -0.3 is 16.2 Å². The van der Waals surface area contributed by atoms with Gasteiger partial charge in [-0.3, -0.25) is 14.7 Å². The standard InChI is InChI=1S/C21H21F3N6O2/c22-21(23,24)12-5-6-14(16(31)9-12)18-15-4-1-7-26-19(15)20(29-28-18)27-13-3-2-8-30(10-13)11-17(25)32/h1,4-7,9,13,31H,2-3,8,10-11H2,(H2,25,32)(H,27,29)/t13-/m1/s1. The number of pyridine rings is 1. The molecule has 1 aliphatic rings. The number of carbonyl (C=O) groups is 1. The molecule has 1 aromatic carbocycles. The Bertz CT molecular complexity index is 1150. The number of halogens is 3. The molecule has 32 heavy (non-hydrogen) atoms. The third-order valence-electron chi connectivity index (χ3n) is 5.34. The van der Waals surface area contributed by atoms with Crippen LogP contribution in [0.3, 0.4) is 0 Å². The molecule has 4 rings (SSSR count). The minimum absolute atomic E-state index is 0.00655. The lowest BCUT2D eigenvalue weighted by Crippen LogP contribution is -2.45. The van der Waals surface area contributed by atoms with E-state index in [-0.39, 0.29) is 23.8 Å². The highest BCUT2D eigenvalue weighted by molar-refractivity contribution is 5.98. The van der Waals surface area contributed by atoms with E-state index in [2.05, 4.69) is 20.5 Å². The van der Waals surface area contributed by atoms with Gasteiger partial charge in [0, 0.05) is 29.7 Å². The topological polar surface area (TPSA) is 117 Å². The maximum Gasteiger partial charge on any atom is 0.416 e. The van der Waals surface area contributed by atoms with Crippen LogP contribution in [0.1, 0.15) is 18.4 Å². The third kappa shape index (κ3) is 4.57. The van der Waals surface area contributed by atoms with Gasteiger partial charge in [0.25, 0.3) is 0 Å². The van der Waals surface area contributed by atoms with E-state index < -0.39 is 23.4 Å². The molecular weight excluding hydrogens is 425 g/mol. The first-order chi connectivity index (χ1) is 15.2. The van der Waals surface area contributed by atoms with Crippen LogP contribution in [-0.2, 0) is 11.0 Å². The average molecular weight is 446 g/mol. The van der Waals surface area contributed by atoms with Crippen LogP contribution in [0.5, 0.6) is 5.75 Å². The number of nitrogens with two attached hydrogens (primary N) is 1. The van der Waals surface area contributed by atoms with Gasteiger partial charge in [0.15, 0.2) is 5.82 Å². The van der Waals surface area contributed by atoms with Crippen LogP contribution in [-0.4, -0.2) is 56.8 Å². The molecule has 0 radical (unpaired) electrons. The Morgan fingerprint density at radius 1 is 1.28 bits per heavy atom. The fourth-order valence-electron chi connectivity index (χ4n) is 3.92.